The Labute approximate surface area is 78.3 Å². The van der Waals surface area contributed by atoms with Crippen molar-refractivity contribution in [1.82, 2.24) is 4.90 Å². The third-order valence-corrected chi connectivity index (χ3v) is 0.211. The van der Waals surface area contributed by atoms with Gasteiger partial charge in [-0.05, 0) is 0 Å². The third-order valence-electron chi connectivity index (χ3n) is 0.211. The first kappa shape index (κ1) is 17.3. The topological polar surface area (TPSA) is 113 Å². The van der Waals surface area contributed by atoms with Gasteiger partial charge in [-0.3, -0.25) is 4.79 Å². The molecule has 0 bridgehead atoms. The summed E-state index contributed by atoms with van der Waals surface area (Å²) < 4.78 is 34.0. The van der Waals surface area contributed by atoms with Crippen molar-refractivity contribution in [1.29, 1.82) is 0 Å². The first-order valence-electron chi connectivity index (χ1n) is 2.01. The molecule has 0 heterocycles. The summed E-state index contributed by atoms with van der Waals surface area (Å²) in [6.45, 7) is 0. The Morgan fingerprint density at radius 2 is 1.27 bits per heavy atom. The van der Waals surface area contributed by atoms with Crippen LogP contribution >= 0.6 is 0 Å². The molecule has 0 rings (SSSR count). The number of halogens is 1. The van der Waals surface area contributed by atoms with Crippen molar-refractivity contribution < 1.29 is 52.5 Å². The van der Waals surface area contributed by atoms with E-state index in [1.54, 1.807) is 14.1 Å². The Morgan fingerprint density at radius 3 is 1.27 bits per heavy atom. The van der Waals surface area contributed by atoms with Crippen LogP contribution in [0.15, 0.2) is 0 Å². The summed E-state index contributed by atoms with van der Waals surface area (Å²) in [7, 11) is -1.57. The molecule has 0 aromatic heterocycles. The number of amides is 1. The van der Waals surface area contributed by atoms with Crippen LogP contribution in [-0.4, -0.2) is 25.4 Å². The molecule has 0 aromatic rings. The number of rotatable bonds is 1. The second kappa shape index (κ2) is 8.30. The zero-order chi connectivity index (χ0) is 8.78. The Hall–Kier alpha value is 0.197. The molecule has 8 heteroatoms. The van der Waals surface area contributed by atoms with Crippen molar-refractivity contribution in [2.45, 2.75) is 0 Å². The predicted molar refractivity (Wildman–Crippen MR) is 19.8 cm³/mol. The van der Waals surface area contributed by atoms with Gasteiger partial charge >= 0.3 is 18.9 Å². The minimum atomic E-state index is -4.94. The van der Waals surface area contributed by atoms with Crippen molar-refractivity contribution in [3.8, 4) is 0 Å². The maximum absolute atomic E-state index is 9.43. The fourth-order valence-corrected chi connectivity index (χ4v) is 0. The van der Waals surface area contributed by atoms with Crippen molar-refractivity contribution in [3.05, 3.63) is 0 Å². The van der Waals surface area contributed by atoms with Crippen LogP contribution in [0.3, 0.4) is 0 Å². The zero-order valence-electron chi connectivity index (χ0n) is 6.44. The largest absolute Gasteiger partial charge is 1.00 e. The van der Waals surface area contributed by atoms with Crippen LogP contribution in [0.4, 0.5) is 0 Å². The summed E-state index contributed by atoms with van der Waals surface area (Å²) in [4.78, 5) is 10.9. The van der Waals surface area contributed by atoms with Gasteiger partial charge in [-0.15, -0.1) is 10.2 Å². The minimum absolute atomic E-state index is 0. The van der Waals surface area contributed by atoms with Gasteiger partial charge < -0.3 is 4.90 Å². The molecule has 11 heavy (non-hydrogen) atoms. The van der Waals surface area contributed by atoms with Gasteiger partial charge in [-0.2, -0.15) is 0 Å². The Bertz CT molecular complexity index is 88.2. The molecular weight excluding hydrogens is 172 g/mol. The van der Waals surface area contributed by atoms with Gasteiger partial charge in [-0.25, -0.2) is 18.6 Å². The standard InChI is InChI=1S/C3H7NO.ClHO4.Li/c1-4(2)3-5;2-1(3,4)5;/h3H,1-2H3;(H,2,3,4,5);/q;;+1/p-1. The molecule has 0 aliphatic heterocycles. The van der Waals surface area contributed by atoms with Crippen molar-refractivity contribution in [2.24, 2.45) is 0 Å². The van der Waals surface area contributed by atoms with Crippen LogP contribution in [0.25, 0.3) is 0 Å². The van der Waals surface area contributed by atoms with Gasteiger partial charge in [0.15, 0.2) is 0 Å². The van der Waals surface area contributed by atoms with Gasteiger partial charge in [0.2, 0.25) is 6.41 Å². The SMILES string of the molecule is CN(C)C=O.[Li+].[O-][Cl+3]([O-])([O-])[O-]. The van der Waals surface area contributed by atoms with Gasteiger partial charge in [0.25, 0.3) is 0 Å². The molecule has 62 valence electrons. The van der Waals surface area contributed by atoms with Crippen molar-refractivity contribution in [2.75, 3.05) is 14.1 Å². The van der Waals surface area contributed by atoms with Crippen LogP contribution in [0, 0.1) is 10.2 Å². The molecule has 0 aromatic carbocycles. The van der Waals surface area contributed by atoms with Crippen molar-refractivity contribution >= 4 is 6.41 Å². The summed E-state index contributed by atoms with van der Waals surface area (Å²) in [5.74, 6) is 0. The van der Waals surface area contributed by atoms with Gasteiger partial charge in [-0.1, -0.05) is 0 Å². The fourth-order valence-electron chi connectivity index (χ4n) is 0. The molecule has 1 amide bonds. The predicted octanol–water partition coefficient (Wildman–Crippen LogP) is -8.05. The molecule has 6 nitrogen and oxygen atoms in total. The average molecular weight is 179 g/mol. The second-order valence-corrected chi connectivity index (χ2v) is 2.20. The van der Waals surface area contributed by atoms with E-state index in [-0.39, 0.29) is 18.9 Å². The number of carbonyl (C=O) groups is 1. The number of hydrogen-bond donors (Lipinski definition) is 0. The number of hydrogen-bond acceptors (Lipinski definition) is 5. The maximum atomic E-state index is 9.43. The van der Waals surface area contributed by atoms with E-state index < -0.39 is 10.2 Å². The average Bonchev–Trinajstić information content (AvgIpc) is 1.61. The normalized spacial score (nSPS) is 8.55. The molecular formula is C3H7ClLiNO5. The van der Waals surface area contributed by atoms with Crippen molar-refractivity contribution in [3.63, 3.8) is 0 Å². The zero-order valence-corrected chi connectivity index (χ0v) is 7.20. The molecule has 0 N–H and O–H groups in total. The molecule has 0 radical (unpaired) electrons. The molecule has 0 saturated heterocycles. The van der Waals surface area contributed by atoms with E-state index in [9.17, 15) is 4.79 Å². The van der Waals surface area contributed by atoms with Gasteiger partial charge in [0.05, 0.1) is 0 Å². The molecule has 0 unspecified atom stereocenters. The van der Waals surface area contributed by atoms with E-state index in [2.05, 4.69) is 0 Å². The Kier molecular flexibility index (Phi) is 13.1. The first-order chi connectivity index (χ1) is 4.27. The summed E-state index contributed by atoms with van der Waals surface area (Å²) in [6.07, 6.45) is 0.750. The Morgan fingerprint density at radius 1 is 1.18 bits per heavy atom. The maximum Gasteiger partial charge on any atom is 1.00 e. The Balaban J connectivity index is -0.000000107. The monoisotopic (exact) mass is 179 g/mol. The van der Waals surface area contributed by atoms with E-state index in [4.69, 9.17) is 18.6 Å². The number of carbonyl (C=O) groups excluding carboxylic acids is 1. The van der Waals surface area contributed by atoms with Crippen LogP contribution in [-0.2, 0) is 4.79 Å². The van der Waals surface area contributed by atoms with E-state index in [1.165, 1.54) is 4.90 Å². The first-order valence-corrected chi connectivity index (χ1v) is 3.24. The van der Waals surface area contributed by atoms with E-state index in [0.717, 1.165) is 6.41 Å². The van der Waals surface area contributed by atoms with Crippen LogP contribution in [0.5, 0.6) is 0 Å². The molecule has 0 atom stereocenters. The molecule has 0 fully saturated rings. The van der Waals surface area contributed by atoms with Crippen LogP contribution in [0.1, 0.15) is 0 Å². The van der Waals surface area contributed by atoms with E-state index in [1.807, 2.05) is 0 Å². The minimum Gasteiger partial charge on any atom is -0.351 e. The second-order valence-electron chi connectivity index (χ2n) is 1.45. The third kappa shape index (κ3) is 142. The quantitative estimate of drug-likeness (QED) is 0.293. The van der Waals surface area contributed by atoms with Crippen LogP contribution in [0.2, 0.25) is 0 Å². The van der Waals surface area contributed by atoms with E-state index >= 15 is 0 Å². The summed E-state index contributed by atoms with van der Waals surface area (Å²) in [5, 5.41) is 0. The summed E-state index contributed by atoms with van der Waals surface area (Å²) >= 11 is 0. The molecule has 0 aliphatic carbocycles. The summed E-state index contributed by atoms with van der Waals surface area (Å²) in [5.41, 5.74) is 0. The van der Waals surface area contributed by atoms with E-state index in [0.29, 0.717) is 0 Å². The van der Waals surface area contributed by atoms with Gasteiger partial charge in [0, 0.05) is 14.1 Å². The number of nitrogens with zero attached hydrogens (tertiary/aromatic N) is 1. The fraction of sp³-hybridized carbons (Fsp3) is 0.667. The van der Waals surface area contributed by atoms with Gasteiger partial charge in [0.1, 0.15) is 0 Å². The molecule has 0 saturated carbocycles. The molecule has 0 spiro atoms. The van der Waals surface area contributed by atoms with Crippen LogP contribution < -0.4 is 37.5 Å². The summed E-state index contributed by atoms with van der Waals surface area (Å²) in [6, 6.07) is 0. The molecule has 0 aliphatic rings. The smallest absolute Gasteiger partial charge is 0.351 e.